The smallest absolute Gasteiger partial charge is 0.227 e. The van der Waals surface area contributed by atoms with Gasteiger partial charge in [-0.2, -0.15) is 0 Å². The Labute approximate surface area is 179 Å². The second kappa shape index (κ2) is 9.88. The van der Waals surface area contributed by atoms with E-state index in [0.29, 0.717) is 30.7 Å². The van der Waals surface area contributed by atoms with Crippen LogP contribution in [0, 0.1) is 6.92 Å². The molecule has 0 radical (unpaired) electrons. The quantitative estimate of drug-likeness (QED) is 0.448. The van der Waals surface area contributed by atoms with Crippen LogP contribution in [0.25, 0.3) is 0 Å². The third kappa shape index (κ3) is 5.48. The Morgan fingerprint density at radius 3 is 2.74 bits per heavy atom. The zero-order valence-electron chi connectivity index (χ0n) is 17.4. The average Bonchev–Trinajstić information content (AvgIpc) is 3.26. The van der Waals surface area contributed by atoms with Crippen LogP contribution in [0.1, 0.15) is 41.6 Å². The number of hydrogen-bond acceptors (Lipinski definition) is 7. The molecule has 0 saturated heterocycles. The first kappa shape index (κ1) is 22.0. The van der Waals surface area contributed by atoms with Crippen LogP contribution < -0.4 is 15.5 Å². The van der Waals surface area contributed by atoms with Crippen molar-refractivity contribution in [2.75, 3.05) is 13.7 Å². The molecule has 1 amide bonds. The van der Waals surface area contributed by atoms with E-state index in [1.165, 1.54) is 19.2 Å². The van der Waals surface area contributed by atoms with Crippen molar-refractivity contribution in [3.8, 4) is 17.2 Å². The van der Waals surface area contributed by atoms with Gasteiger partial charge in [0.1, 0.15) is 11.5 Å². The van der Waals surface area contributed by atoms with Crippen molar-refractivity contribution in [2.24, 2.45) is 0 Å². The van der Waals surface area contributed by atoms with Gasteiger partial charge in [0.15, 0.2) is 17.3 Å². The number of aromatic hydroxyl groups is 2. The van der Waals surface area contributed by atoms with Crippen LogP contribution in [-0.2, 0) is 11.2 Å². The predicted octanol–water partition coefficient (Wildman–Crippen LogP) is 3.23. The van der Waals surface area contributed by atoms with E-state index in [2.05, 4.69) is 5.32 Å². The molecule has 0 aliphatic rings. The van der Waals surface area contributed by atoms with Crippen molar-refractivity contribution in [3.63, 3.8) is 0 Å². The highest BCUT2D eigenvalue weighted by Crippen LogP contribution is 2.37. The third-order valence-electron chi connectivity index (χ3n) is 4.89. The van der Waals surface area contributed by atoms with E-state index in [9.17, 15) is 19.8 Å². The molecule has 8 heteroatoms. The third-order valence-corrected chi connectivity index (χ3v) is 4.89. The van der Waals surface area contributed by atoms with Crippen LogP contribution in [0.2, 0.25) is 0 Å². The fourth-order valence-corrected chi connectivity index (χ4v) is 3.34. The summed E-state index contributed by atoms with van der Waals surface area (Å²) in [7, 11) is 1.41. The minimum Gasteiger partial charge on any atom is -0.504 e. The monoisotopic (exact) mass is 427 g/mol. The summed E-state index contributed by atoms with van der Waals surface area (Å²) in [6.45, 7) is 2.03. The molecule has 2 aromatic heterocycles. The SMILES string of the molecule is COc1cc([C@@H](CC(=O)NCCCc2ccco2)c2oc(C)cc(=O)c2O)ccc1O. The number of methoxy groups -OCH3 is 1. The van der Waals surface area contributed by atoms with Crippen molar-refractivity contribution in [3.05, 3.63) is 75.7 Å². The molecule has 0 saturated carbocycles. The van der Waals surface area contributed by atoms with Gasteiger partial charge in [-0.05, 0) is 43.2 Å². The number of amides is 1. The molecule has 0 aliphatic heterocycles. The Morgan fingerprint density at radius 1 is 1.23 bits per heavy atom. The number of hydrogen-bond donors (Lipinski definition) is 3. The number of phenols is 1. The molecule has 2 heterocycles. The molecule has 31 heavy (non-hydrogen) atoms. The molecular weight excluding hydrogens is 402 g/mol. The van der Waals surface area contributed by atoms with E-state index in [1.54, 1.807) is 25.3 Å². The summed E-state index contributed by atoms with van der Waals surface area (Å²) in [6, 6.07) is 9.43. The van der Waals surface area contributed by atoms with Crippen molar-refractivity contribution >= 4 is 5.91 Å². The zero-order valence-corrected chi connectivity index (χ0v) is 17.4. The molecular formula is C23H25NO7. The molecule has 164 valence electrons. The Kier molecular flexibility index (Phi) is 7.02. The highest BCUT2D eigenvalue weighted by Gasteiger charge is 2.26. The number of aryl methyl sites for hydroxylation is 2. The van der Waals surface area contributed by atoms with Gasteiger partial charge in [0.2, 0.25) is 17.1 Å². The van der Waals surface area contributed by atoms with Crippen molar-refractivity contribution < 1.29 is 28.6 Å². The normalized spacial score (nSPS) is 11.8. The Hall–Kier alpha value is -3.68. The van der Waals surface area contributed by atoms with Gasteiger partial charge >= 0.3 is 0 Å². The van der Waals surface area contributed by atoms with Gasteiger partial charge in [-0.15, -0.1) is 0 Å². The number of carbonyl (C=O) groups excluding carboxylic acids is 1. The lowest BCUT2D eigenvalue weighted by atomic mass is 9.91. The lowest BCUT2D eigenvalue weighted by molar-refractivity contribution is -0.121. The highest BCUT2D eigenvalue weighted by atomic mass is 16.5. The van der Waals surface area contributed by atoms with Crippen LogP contribution in [-0.4, -0.2) is 29.8 Å². The molecule has 1 aromatic carbocycles. The summed E-state index contributed by atoms with van der Waals surface area (Å²) >= 11 is 0. The molecule has 3 N–H and O–H groups in total. The van der Waals surface area contributed by atoms with Crippen molar-refractivity contribution in [1.29, 1.82) is 0 Å². The summed E-state index contributed by atoms with van der Waals surface area (Å²) in [4.78, 5) is 24.7. The highest BCUT2D eigenvalue weighted by molar-refractivity contribution is 5.77. The summed E-state index contributed by atoms with van der Waals surface area (Å²) in [5.41, 5.74) is -0.0437. The molecule has 0 bridgehead atoms. The maximum Gasteiger partial charge on any atom is 0.227 e. The number of rotatable bonds is 9. The van der Waals surface area contributed by atoms with Crippen LogP contribution in [0.4, 0.5) is 0 Å². The van der Waals surface area contributed by atoms with E-state index in [4.69, 9.17) is 13.6 Å². The second-order valence-corrected chi connectivity index (χ2v) is 7.16. The maximum atomic E-state index is 12.6. The van der Waals surface area contributed by atoms with Gasteiger partial charge in [0, 0.05) is 25.5 Å². The number of benzene rings is 1. The second-order valence-electron chi connectivity index (χ2n) is 7.16. The minimum absolute atomic E-state index is 0.0107. The largest absolute Gasteiger partial charge is 0.504 e. The van der Waals surface area contributed by atoms with Gasteiger partial charge in [-0.25, -0.2) is 0 Å². The number of nitrogens with one attached hydrogen (secondary N) is 1. The molecule has 0 unspecified atom stereocenters. The first-order valence-electron chi connectivity index (χ1n) is 9.88. The summed E-state index contributed by atoms with van der Waals surface area (Å²) < 4.78 is 16.1. The van der Waals surface area contributed by atoms with Crippen LogP contribution in [0.15, 0.2) is 56.3 Å². The minimum atomic E-state index is -0.757. The van der Waals surface area contributed by atoms with E-state index in [1.807, 2.05) is 12.1 Å². The van der Waals surface area contributed by atoms with Crippen LogP contribution >= 0.6 is 0 Å². The number of ether oxygens (including phenoxy) is 1. The molecule has 0 spiro atoms. The molecule has 3 rings (SSSR count). The van der Waals surface area contributed by atoms with Gasteiger partial charge < -0.3 is 29.1 Å². The molecule has 1 atom stereocenters. The van der Waals surface area contributed by atoms with E-state index in [0.717, 1.165) is 5.76 Å². The first-order valence-corrected chi connectivity index (χ1v) is 9.88. The lowest BCUT2D eigenvalue weighted by Crippen LogP contribution is -2.27. The number of furan rings is 1. The number of carbonyl (C=O) groups is 1. The summed E-state index contributed by atoms with van der Waals surface area (Å²) in [5, 5.41) is 23.1. The fraction of sp³-hybridized carbons (Fsp3) is 0.304. The topological polar surface area (TPSA) is 122 Å². The van der Waals surface area contributed by atoms with Gasteiger partial charge in [-0.3, -0.25) is 9.59 Å². The van der Waals surface area contributed by atoms with E-state index >= 15 is 0 Å². The van der Waals surface area contributed by atoms with E-state index in [-0.39, 0.29) is 29.6 Å². The van der Waals surface area contributed by atoms with Crippen LogP contribution in [0.5, 0.6) is 17.2 Å². The van der Waals surface area contributed by atoms with Gasteiger partial charge in [0.05, 0.1) is 19.3 Å². The Morgan fingerprint density at radius 2 is 2.03 bits per heavy atom. The standard InChI is InChI=1S/C23H25NO7/c1-14-11-19(26)22(28)23(31-14)17(15-7-8-18(25)20(12-15)29-2)13-21(27)24-9-3-5-16-6-4-10-30-16/h4,6-8,10-12,17,25,28H,3,5,9,13H2,1-2H3,(H,24,27)/t17-/m1/s1. The summed E-state index contributed by atoms with van der Waals surface area (Å²) in [5.74, 6) is -0.302. The summed E-state index contributed by atoms with van der Waals surface area (Å²) in [6.07, 6.45) is 2.92. The molecule has 0 fully saturated rings. The Balaban J connectivity index is 1.81. The zero-order chi connectivity index (χ0) is 22.4. The number of phenolic OH excluding ortho intramolecular Hbond substituents is 1. The molecule has 0 aliphatic carbocycles. The molecule has 8 nitrogen and oxygen atoms in total. The lowest BCUT2D eigenvalue weighted by Gasteiger charge is -2.19. The van der Waals surface area contributed by atoms with Crippen molar-refractivity contribution in [1.82, 2.24) is 5.32 Å². The molecule has 3 aromatic rings. The Bertz CT molecular complexity index is 1090. The van der Waals surface area contributed by atoms with Gasteiger partial charge in [0.25, 0.3) is 0 Å². The van der Waals surface area contributed by atoms with E-state index < -0.39 is 17.1 Å². The average molecular weight is 427 g/mol. The van der Waals surface area contributed by atoms with Crippen molar-refractivity contribution in [2.45, 2.75) is 32.1 Å². The van der Waals surface area contributed by atoms with Crippen LogP contribution in [0.3, 0.4) is 0 Å². The predicted molar refractivity (Wildman–Crippen MR) is 113 cm³/mol. The first-order chi connectivity index (χ1) is 14.9. The fourth-order valence-electron chi connectivity index (χ4n) is 3.34. The maximum absolute atomic E-state index is 12.6. The van der Waals surface area contributed by atoms with Gasteiger partial charge in [-0.1, -0.05) is 6.07 Å².